The van der Waals surface area contributed by atoms with E-state index in [1.807, 2.05) is 0 Å². The second kappa shape index (κ2) is 2.65. The van der Waals surface area contributed by atoms with Crippen molar-refractivity contribution in [1.82, 2.24) is 0 Å². The van der Waals surface area contributed by atoms with E-state index in [0.29, 0.717) is 0 Å². The van der Waals surface area contributed by atoms with E-state index in [0.717, 1.165) is 0 Å². The zero-order valence-corrected chi connectivity index (χ0v) is 5.61. The molecule has 0 amide bonds. The monoisotopic (exact) mass is 148 g/mol. The third-order valence-corrected chi connectivity index (χ3v) is 1.50. The Balaban J connectivity index is 2.54. The fraction of sp³-hybridized carbons (Fsp3) is 0.833. The number of hydrogen-bond donors (Lipinski definition) is 2. The highest BCUT2D eigenvalue weighted by Gasteiger charge is 2.32. The van der Waals surface area contributed by atoms with Gasteiger partial charge in [-0.2, -0.15) is 0 Å². The average molecular weight is 148 g/mol. The molecule has 4 nitrogen and oxygen atoms in total. The molecule has 3 atom stereocenters. The van der Waals surface area contributed by atoms with Gasteiger partial charge in [0.1, 0.15) is 12.2 Å². The molecule has 0 spiro atoms. The SMILES string of the molecule is [3H]O[C@@H]1C[C@@H](O)C(=O)[C@@H](C)O1. The minimum Gasteiger partial charge on any atom is -0.385 e. The van der Waals surface area contributed by atoms with Gasteiger partial charge in [-0.3, -0.25) is 4.79 Å². The van der Waals surface area contributed by atoms with Crippen molar-refractivity contribution in [3.05, 3.63) is 0 Å². The second-order valence-electron chi connectivity index (χ2n) is 2.36. The molecule has 1 rings (SSSR count). The van der Waals surface area contributed by atoms with E-state index in [1.165, 1.54) is 6.92 Å². The van der Waals surface area contributed by atoms with E-state index in [9.17, 15) is 4.79 Å². The Morgan fingerprint density at radius 3 is 3.10 bits per heavy atom. The van der Waals surface area contributed by atoms with Crippen molar-refractivity contribution in [3.8, 4) is 0 Å². The molecule has 1 saturated heterocycles. The molecule has 0 aromatic heterocycles. The largest absolute Gasteiger partial charge is 0.385 e. The molecule has 4 heteroatoms. The van der Waals surface area contributed by atoms with Gasteiger partial charge in [0, 0.05) is 6.42 Å². The summed E-state index contributed by atoms with van der Waals surface area (Å²) in [5, 5.41) is 13.2. The first-order chi connectivity index (χ1) is 5.15. The predicted octanol–water partition coefficient (Wildman–Crippen LogP) is -0.956. The summed E-state index contributed by atoms with van der Waals surface area (Å²) in [5.41, 5.74) is 0. The van der Waals surface area contributed by atoms with E-state index >= 15 is 0 Å². The number of hydrogen-bond acceptors (Lipinski definition) is 4. The van der Waals surface area contributed by atoms with Crippen LogP contribution in [0, 0.1) is 0 Å². The zero-order chi connectivity index (χ0) is 8.43. The molecule has 0 unspecified atom stereocenters. The molecule has 0 aromatic carbocycles. The molecule has 58 valence electrons. The summed E-state index contributed by atoms with van der Waals surface area (Å²) in [6.45, 7) is 1.52. The highest BCUT2D eigenvalue weighted by Crippen LogP contribution is 2.13. The lowest BCUT2D eigenvalue weighted by molar-refractivity contribution is -0.190. The number of carbonyl (C=O) groups is 1. The van der Waals surface area contributed by atoms with Crippen LogP contribution in [-0.4, -0.2) is 35.9 Å². The molecule has 0 radical (unpaired) electrons. The van der Waals surface area contributed by atoms with Gasteiger partial charge in [0.25, 0.3) is 0 Å². The van der Waals surface area contributed by atoms with Crippen LogP contribution in [0.4, 0.5) is 0 Å². The normalized spacial score (nSPS) is 43.2. The van der Waals surface area contributed by atoms with Crippen LogP contribution >= 0.6 is 0 Å². The van der Waals surface area contributed by atoms with Gasteiger partial charge >= 0.3 is 0 Å². The summed E-state index contributed by atoms with van der Waals surface area (Å²) in [4.78, 5) is 10.9. The lowest BCUT2D eigenvalue weighted by Crippen LogP contribution is -2.43. The number of Topliss-reactive ketones (excluding diaryl/α,β-unsaturated/α-hetero) is 1. The molecule has 1 heterocycles. The highest BCUT2D eigenvalue weighted by atomic mass is 16.6. The van der Waals surface area contributed by atoms with Crippen molar-refractivity contribution < 1.29 is 19.7 Å². The van der Waals surface area contributed by atoms with E-state index in [1.54, 1.807) is 0 Å². The molecule has 1 aliphatic rings. The van der Waals surface area contributed by atoms with E-state index in [-0.39, 0.29) is 12.2 Å². The molecular formula is C6H10O4. The first kappa shape index (κ1) is 6.27. The molecule has 2 N–H and O–H groups in total. The van der Waals surface area contributed by atoms with Crippen molar-refractivity contribution in [3.63, 3.8) is 0 Å². The first-order valence-electron chi connectivity index (χ1n) is 3.55. The number of ketones is 1. The van der Waals surface area contributed by atoms with Crippen LogP contribution in [0.1, 0.15) is 13.3 Å². The van der Waals surface area contributed by atoms with Gasteiger partial charge < -0.3 is 15.0 Å². The Morgan fingerprint density at radius 1 is 1.90 bits per heavy atom. The first-order valence-corrected chi connectivity index (χ1v) is 3.14. The van der Waals surface area contributed by atoms with Crippen molar-refractivity contribution in [2.24, 2.45) is 0 Å². The van der Waals surface area contributed by atoms with Crippen LogP contribution in [-0.2, 0) is 9.53 Å². The Hall–Kier alpha value is -0.450. The molecule has 0 aromatic rings. The minimum atomic E-state index is -1.05. The second-order valence-corrected chi connectivity index (χ2v) is 2.36. The van der Waals surface area contributed by atoms with Crippen LogP contribution < -0.4 is 0 Å². The Kier molecular flexibility index (Phi) is 1.66. The number of aliphatic hydroxyl groups excluding tert-OH is 2. The molecule has 10 heavy (non-hydrogen) atoms. The molecule has 0 aliphatic carbocycles. The maximum Gasteiger partial charge on any atom is 0.213 e. The third-order valence-electron chi connectivity index (χ3n) is 1.50. The third kappa shape index (κ3) is 1.34. The Bertz CT molecular complexity index is 147. The van der Waals surface area contributed by atoms with E-state index < -0.39 is 18.5 Å². The number of rotatable bonds is 1. The minimum absolute atomic E-state index is 0.0483. The molecule has 1 aliphatic heterocycles. The van der Waals surface area contributed by atoms with Crippen LogP contribution in [0.3, 0.4) is 0 Å². The number of ether oxygens (including phenoxy) is 1. The summed E-state index contributed by atoms with van der Waals surface area (Å²) in [7, 11) is 0. The van der Waals surface area contributed by atoms with Crippen molar-refractivity contribution in [2.75, 3.05) is 0 Å². The van der Waals surface area contributed by atoms with Gasteiger partial charge in [-0.05, 0) is 6.92 Å². The van der Waals surface area contributed by atoms with Crippen LogP contribution in [0.5, 0.6) is 0 Å². The average Bonchev–Trinajstić information content (AvgIpc) is 1.99. The standard InChI is InChI=1S/C6H10O4/c1-3-6(9)4(7)2-5(8)10-3/h3-5,7-8H,2H2,1H3/t3-,4-,5+/m1/s1/i8T. The summed E-state index contributed by atoms with van der Waals surface area (Å²) in [5.74, 6) is -0.349. The van der Waals surface area contributed by atoms with Gasteiger partial charge in [0.15, 0.2) is 12.1 Å². The number of aliphatic hydroxyl groups is 2. The smallest absolute Gasteiger partial charge is 0.213 e. The summed E-state index contributed by atoms with van der Waals surface area (Å²) < 4.78 is 11.4. The summed E-state index contributed by atoms with van der Waals surface area (Å²) >= 11 is 0. The Labute approximate surface area is 59.9 Å². The lowest BCUT2D eigenvalue weighted by atomic mass is 10.1. The van der Waals surface area contributed by atoms with E-state index in [4.69, 9.17) is 11.3 Å². The maximum absolute atomic E-state index is 10.9. The van der Waals surface area contributed by atoms with Crippen LogP contribution in [0.25, 0.3) is 0 Å². The molecule has 0 saturated carbocycles. The van der Waals surface area contributed by atoms with Gasteiger partial charge in [0.05, 0.1) is 0 Å². The van der Waals surface area contributed by atoms with Gasteiger partial charge in [-0.1, -0.05) is 0 Å². The fourth-order valence-electron chi connectivity index (χ4n) is 0.920. The lowest BCUT2D eigenvalue weighted by Gasteiger charge is -2.26. The topological polar surface area (TPSA) is 66.8 Å². The van der Waals surface area contributed by atoms with Gasteiger partial charge in [-0.25, -0.2) is 0 Å². The zero-order valence-electron chi connectivity index (χ0n) is 6.61. The fourth-order valence-corrected chi connectivity index (χ4v) is 0.920. The highest BCUT2D eigenvalue weighted by molar-refractivity contribution is 5.87. The molecular weight excluding hydrogens is 136 g/mol. The molecule has 1 fully saturated rings. The predicted molar refractivity (Wildman–Crippen MR) is 32.2 cm³/mol. The van der Waals surface area contributed by atoms with Crippen molar-refractivity contribution in [1.29, 1.82) is 1.43 Å². The summed E-state index contributed by atoms with van der Waals surface area (Å²) in [6.07, 6.45) is -2.45. The quantitative estimate of drug-likeness (QED) is 0.502. The number of carbonyl (C=O) groups excluding carboxylic acids is 1. The molecule has 0 bridgehead atoms. The maximum atomic E-state index is 10.9. The summed E-state index contributed by atoms with van der Waals surface area (Å²) in [6, 6.07) is 0. The van der Waals surface area contributed by atoms with Crippen LogP contribution in [0.15, 0.2) is 0 Å². The van der Waals surface area contributed by atoms with Crippen molar-refractivity contribution in [2.45, 2.75) is 31.8 Å². The van der Waals surface area contributed by atoms with Gasteiger partial charge in [-0.15, -0.1) is 0 Å². The van der Waals surface area contributed by atoms with Gasteiger partial charge in [0.2, 0.25) is 1.43 Å². The van der Waals surface area contributed by atoms with Crippen molar-refractivity contribution >= 4 is 5.78 Å². The van der Waals surface area contributed by atoms with Crippen LogP contribution in [0.2, 0.25) is 0 Å². The van der Waals surface area contributed by atoms with E-state index in [2.05, 4.69) is 5.11 Å². The Morgan fingerprint density at radius 2 is 2.60 bits per heavy atom.